The minimum atomic E-state index is -3.55. The highest BCUT2D eigenvalue weighted by Gasteiger charge is 2.27. The van der Waals surface area contributed by atoms with Crippen molar-refractivity contribution in [1.29, 1.82) is 0 Å². The van der Waals surface area contributed by atoms with Crippen molar-refractivity contribution in [2.24, 2.45) is 0 Å². The van der Waals surface area contributed by atoms with Crippen LogP contribution in [0.3, 0.4) is 0 Å². The van der Waals surface area contributed by atoms with E-state index in [0.717, 1.165) is 29.7 Å². The third-order valence-corrected chi connectivity index (χ3v) is 7.81. The summed E-state index contributed by atoms with van der Waals surface area (Å²) in [6.07, 6.45) is 1.73. The van der Waals surface area contributed by atoms with Crippen LogP contribution in [0.1, 0.15) is 18.4 Å². The third kappa shape index (κ3) is 4.12. The average Bonchev–Trinajstić information content (AvgIpc) is 3.36. The molecule has 1 amide bonds. The summed E-state index contributed by atoms with van der Waals surface area (Å²) >= 11 is 0.952. The van der Waals surface area contributed by atoms with Gasteiger partial charge in [-0.15, -0.1) is 0 Å². The van der Waals surface area contributed by atoms with Crippen LogP contribution in [0.5, 0.6) is 0 Å². The van der Waals surface area contributed by atoms with Gasteiger partial charge >= 0.3 is 4.87 Å². The zero-order valence-electron chi connectivity index (χ0n) is 15.7. The first-order valence-corrected chi connectivity index (χ1v) is 11.6. The molecule has 4 rings (SSSR count). The van der Waals surface area contributed by atoms with E-state index in [2.05, 4.69) is 5.32 Å². The van der Waals surface area contributed by atoms with Gasteiger partial charge < -0.3 is 5.32 Å². The molecule has 1 saturated heterocycles. The van der Waals surface area contributed by atoms with Gasteiger partial charge in [-0.1, -0.05) is 41.7 Å². The summed E-state index contributed by atoms with van der Waals surface area (Å²) in [5.41, 5.74) is 1.54. The lowest BCUT2D eigenvalue weighted by Crippen LogP contribution is -2.30. The number of aromatic nitrogens is 1. The highest BCUT2D eigenvalue weighted by Crippen LogP contribution is 2.26. The number of sulfonamides is 1. The van der Waals surface area contributed by atoms with Crippen LogP contribution in [0.25, 0.3) is 10.2 Å². The molecule has 0 atom stereocenters. The molecule has 1 aliphatic rings. The first-order valence-electron chi connectivity index (χ1n) is 9.39. The van der Waals surface area contributed by atoms with Gasteiger partial charge in [-0.3, -0.25) is 14.2 Å². The van der Waals surface area contributed by atoms with E-state index in [1.54, 1.807) is 6.07 Å². The summed E-state index contributed by atoms with van der Waals surface area (Å²) in [6.45, 7) is 1.33. The van der Waals surface area contributed by atoms with E-state index in [0.29, 0.717) is 29.9 Å². The molecule has 2 aromatic carbocycles. The number of rotatable bonds is 6. The molecule has 0 bridgehead atoms. The first kappa shape index (κ1) is 19.8. The second kappa shape index (κ2) is 8.10. The molecule has 1 N–H and O–H groups in total. The number of nitrogens with one attached hydrogen (secondary N) is 1. The Kier molecular flexibility index (Phi) is 5.53. The smallest absolute Gasteiger partial charge is 0.308 e. The maximum atomic E-state index is 12.7. The van der Waals surface area contributed by atoms with Crippen molar-refractivity contribution in [3.8, 4) is 0 Å². The van der Waals surface area contributed by atoms with Crippen LogP contribution in [0.4, 0.5) is 0 Å². The average molecular weight is 432 g/mol. The predicted molar refractivity (Wildman–Crippen MR) is 112 cm³/mol. The topological polar surface area (TPSA) is 88.5 Å². The number of hydrogen-bond donors (Lipinski definition) is 1. The van der Waals surface area contributed by atoms with Crippen LogP contribution < -0.4 is 10.2 Å². The molecular formula is C20H21N3O4S2. The highest BCUT2D eigenvalue weighted by molar-refractivity contribution is 7.89. The number of nitrogens with zero attached hydrogens (tertiary/aromatic N) is 2. The number of thiazole rings is 1. The van der Waals surface area contributed by atoms with Gasteiger partial charge in [-0.2, -0.15) is 4.31 Å². The van der Waals surface area contributed by atoms with Crippen LogP contribution >= 0.6 is 11.3 Å². The predicted octanol–water partition coefficient (Wildman–Crippen LogP) is 2.16. The summed E-state index contributed by atoms with van der Waals surface area (Å²) in [5.74, 6) is -0.274. The molecule has 1 fully saturated rings. The van der Waals surface area contributed by atoms with E-state index in [4.69, 9.17) is 0 Å². The minimum absolute atomic E-state index is 0.107. The molecule has 2 heterocycles. The van der Waals surface area contributed by atoms with Gasteiger partial charge in [-0.05, 0) is 36.6 Å². The Morgan fingerprint density at radius 1 is 1.07 bits per heavy atom. The molecule has 1 aromatic heterocycles. The second-order valence-electron chi connectivity index (χ2n) is 6.96. The van der Waals surface area contributed by atoms with Crippen LogP contribution in [0.15, 0.2) is 58.2 Å². The number of carbonyl (C=O) groups is 1. The fourth-order valence-corrected chi connectivity index (χ4v) is 5.98. The molecule has 0 saturated carbocycles. The van der Waals surface area contributed by atoms with Crippen molar-refractivity contribution in [1.82, 2.24) is 14.2 Å². The SMILES string of the molecule is O=C(Cn1c(=O)sc2cc(S(=O)(=O)N3CCCC3)ccc21)NCc1ccccc1. The fourth-order valence-electron chi connectivity index (χ4n) is 3.43. The molecular weight excluding hydrogens is 410 g/mol. The number of benzene rings is 2. The largest absolute Gasteiger partial charge is 0.350 e. The van der Waals surface area contributed by atoms with Crippen LogP contribution in [-0.4, -0.2) is 36.3 Å². The number of amides is 1. The summed E-state index contributed by atoms with van der Waals surface area (Å²) in [4.78, 5) is 24.6. The van der Waals surface area contributed by atoms with Gasteiger partial charge in [0.15, 0.2) is 0 Å². The third-order valence-electron chi connectivity index (χ3n) is 4.98. The summed E-state index contributed by atoms with van der Waals surface area (Å²) in [5, 5.41) is 2.81. The monoisotopic (exact) mass is 431 g/mol. The number of fused-ring (bicyclic) bond motifs is 1. The van der Waals surface area contributed by atoms with Crippen molar-refractivity contribution < 1.29 is 13.2 Å². The summed E-state index contributed by atoms with van der Waals surface area (Å²) < 4.78 is 28.9. The Morgan fingerprint density at radius 2 is 1.79 bits per heavy atom. The van der Waals surface area contributed by atoms with Gasteiger partial charge in [0.25, 0.3) is 0 Å². The lowest BCUT2D eigenvalue weighted by Gasteiger charge is -2.15. The molecule has 0 radical (unpaired) electrons. The fraction of sp³-hybridized carbons (Fsp3) is 0.300. The van der Waals surface area contributed by atoms with Gasteiger partial charge in [0.2, 0.25) is 15.9 Å². The van der Waals surface area contributed by atoms with E-state index in [1.807, 2.05) is 30.3 Å². The number of carbonyl (C=O) groups excluding carboxylic acids is 1. The summed E-state index contributed by atoms with van der Waals surface area (Å²) in [7, 11) is -3.55. The standard InChI is InChI=1S/C20H21N3O4S2/c24-19(21-13-15-6-2-1-3-7-15)14-23-17-9-8-16(12-18(17)28-20(23)25)29(26,27)22-10-4-5-11-22/h1-3,6-9,12H,4-5,10-11,13-14H2,(H,21,24). The first-order chi connectivity index (χ1) is 13.9. The van der Waals surface area contributed by atoms with E-state index in [9.17, 15) is 18.0 Å². The van der Waals surface area contributed by atoms with Crippen molar-refractivity contribution in [3.63, 3.8) is 0 Å². The minimum Gasteiger partial charge on any atom is -0.350 e. The summed E-state index contributed by atoms with van der Waals surface area (Å²) in [6, 6.07) is 14.2. The Bertz CT molecular complexity index is 1190. The Labute approximate surface area is 172 Å². The van der Waals surface area contributed by atoms with Gasteiger partial charge in [0.1, 0.15) is 6.54 Å². The molecule has 7 nitrogen and oxygen atoms in total. The lowest BCUT2D eigenvalue weighted by atomic mass is 10.2. The molecule has 3 aromatic rings. The molecule has 152 valence electrons. The van der Waals surface area contributed by atoms with Crippen LogP contribution in [-0.2, 0) is 27.9 Å². The van der Waals surface area contributed by atoms with E-state index < -0.39 is 10.0 Å². The maximum absolute atomic E-state index is 12.7. The molecule has 0 unspecified atom stereocenters. The van der Waals surface area contributed by atoms with Crippen LogP contribution in [0.2, 0.25) is 0 Å². The van der Waals surface area contributed by atoms with Crippen LogP contribution in [0, 0.1) is 0 Å². The van der Waals surface area contributed by atoms with E-state index in [-0.39, 0.29) is 22.2 Å². The van der Waals surface area contributed by atoms with Gasteiger partial charge in [0, 0.05) is 19.6 Å². The lowest BCUT2D eigenvalue weighted by molar-refractivity contribution is -0.121. The van der Waals surface area contributed by atoms with E-state index in [1.165, 1.54) is 21.0 Å². The van der Waals surface area contributed by atoms with E-state index >= 15 is 0 Å². The normalized spacial score (nSPS) is 15.0. The molecule has 29 heavy (non-hydrogen) atoms. The molecule has 0 spiro atoms. The van der Waals surface area contributed by atoms with Gasteiger partial charge in [-0.25, -0.2) is 8.42 Å². The highest BCUT2D eigenvalue weighted by atomic mass is 32.2. The van der Waals surface area contributed by atoms with Crippen molar-refractivity contribution in [2.45, 2.75) is 30.8 Å². The Morgan fingerprint density at radius 3 is 2.52 bits per heavy atom. The Hall–Kier alpha value is -2.49. The van der Waals surface area contributed by atoms with Crippen molar-refractivity contribution in [2.75, 3.05) is 13.1 Å². The second-order valence-corrected chi connectivity index (χ2v) is 9.89. The van der Waals surface area contributed by atoms with Crippen molar-refractivity contribution in [3.05, 3.63) is 63.8 Å². The zero-order valence-corrected chi connectivity index (χ0v) is 17.3. The molecule has 0 aliphatic carbocycles. The molecule has 1 aliphatic heterocycles. The number of hydrogen-bond acceptors (Lipinski definition) is 5. The molecule has 9 heteroatoms. The zero-order chi connectivity index (χ0) is 20.4. The van der Waals surface area contributed by atoms with Crippen molar-refractivity contribution >= 4 is 37.5 Å². The quantitative estimate of drug-likeness (QED) is 0.648. The van der Waals surface area contributed by atoms with Gasteiger partial charge in [0.05, 0.1) is 15.1 Å². The Balaban J connectivity index is 1.54. The maximum Gasteiger partial charge on any atom is 0.308 e.